The quantitative estimate of drug-likeness (QED) is 0.847. The van der Waals surface area contributed by atoms with Crippen LogP contribution in [0.3, 0.4) is 0 Å². The number of halogens is 1. The summed E-state index contributed by atoms with van der Waals surface area (Å²) >= 11 is 5.67. The molecule has 5 nitrogen and oxygen atoms in total. The number of rotatable bonds is 4. The van der Waals surface area contributed by atoms with Crippen LogP contribution in [-0.2, 0) is 4.79 Å². The van der Waals surface area contributed by atoms with Gasteiger partial charge in [-0.05, 0) is 23.2 Å². The largest absolute Gasteiger partial charge is 0.323 e. The third kappa shape index (κ3) is 3.53. The normalized spacial score (nSPS) is 13.6. The van der Waals surface area contributed by atoms with Crippen molar-refractivity contribution in [2.75, 3.05) is 5.32 Å². The molecule has 3 N–H and O–H groups in total. The zero-order valence-corrected chi connectivity index (χ0v) is 11.7. The molecular weight excluding hydrogens is 276 g/mol. The van der Waals surface area contributed by atoms with Crippen LogP contribution in [0.2, 0.25) is 5.28 Å². The van der Waals surface area contributed by atoms with Crippen LogP contribution in [0.25, 0.3) is 0 Å². The Morgan fingerprint density at radius 2 is 2.00 bits per heavy atom. The molecule has 2 rings (SSSR count). The summed E-state index contributed by atoms with van der Waals surface area (Å²) in [6.45, 7) is 1.77. The number of aromatic nitrogens is 2. The smallest absolute Gasteiger partial charge is 0.230 e. The van der Waals surface area contributed by atoms with E-state index in [-0.39, 0.29) is 17.2 Å². The Morgan fingerprint density at radius 1 is 1.30 bits per heavy atom. The fourth-order valence-corrected chi connectivity index (χ4v) is 1.92. The molecule has 0 radical (unpaired) electrons. The monoisotopic (exact) mass is 290 g/mol. The van der Waals surface area contributed by atoms with E-state index >= 15 is 0 Å². The summed E-state index contributed by atoms with van der Waals surface area (Å²) in [7, 11) is 0. The van der Waals surface area contributed by atoms with E-state index in [0.29, 0.717) is 5.82 Å². The van der Waals surface area contributed by atoms with Gasteiger partial charge in [-0.25, -0.2) is 9.97 Å². The van der Waals surface area contributed by atoms with Gasteiger partial charge in [-0.2, -0.15) is 0 Å². The second kappa shape index (κ2) is 6.45. The molecule has 0 saturated carbocycles. The van der Waals surface area contributed by atoms with E-state index in [0.717, 1.165) is 5.56 Å². The average Bonchev–Trinajstić information content (AvgIpc) is 2.46. The van der Waals surface area contributed by atoms with Crippen molar-refractivity contribution < 1.29 is 4.79 Å². The summed E-state index contributed by atoms with van der Waals surface area (Å²) in [6, 6.07) is 10.7. The highest BCUT2D eigenvalue weighted by molar-refractivity contribution is 6.28. The summed E-state index contributed by atoms with van der Waals surface area (Å²) in [4.78, 5) is 19.8. The highest BCUT2D eigenvalue weighted by atomic mass is 35.5. The second-order valence-electron chi connectivity index (χ2n) is 4.43. The Kier molecular flexibility index (Phi) is 4.65. The molecule has 0 bridgehead atoms. The number of nitrogens with one attached hydrogen (secondary N) is 1. The number of nitrogens with two attached hydrogens (primary N) is 1. The molecule has 6 heteroatoms. The van der Waals surface area contributed by atoms with Crippen LogP contribution in [0.15, 0.2) is 42.6 Å². The number of nitrogens with zero attached hydrogens (tertiary/aromatic N) is 2. The first-order valence-electron chi connectivity index (χ1n) is 6.18. The van der Waals surface area contributed by atoms with Crippen molar-refractivity contribution in [2.45, 2.75) is 13.0 Å². The van der Waals surface area contributed by atoms with Gasteiger partial charge < -0.3 is 11.1 Å². The molecule has 0 saturated heterocycles. The van der Waals surface area contributed by atoms with Crippen LogP contribution >= 0.6 is 11.6 Å². The molecule has 0 aliphatic heterocycles. The Balaban J connectivity index is 2.05. The van der Waals surface area contributed by atoms with Gasteiger partial charge in [0.1, 0.15) is 5.82 Å². The minimum absolute atomic E-state index is 0.0859. The van der Waals surface area contributed by atoms with Gasteiger partial charge in [0.15, 0.2) is 0 Å². The lowest BCUT2D eigenvalue weighted by atomic mass is 9.95. The van der Waals surface area contributed by atoms with Gasteiger partial charge in [-0.15, -0.1) is 0 Å². The number of amides is 1. The topological polar surface area (TPSA) is 80.9 Å². The van der Waals surface area contributed by atoms with Crippen molar-refractivity contribution >= 4 is 23.3 Å². The van der Waals surface area contributed by atoms with Crippen LogP contribution in [0.4, 0.5) is 5.82 Å². The van der Waals surface area contributed by atoms with Crippen molar-refractivity contribution in [2.24, 2.45) is 11.7 Å². The highest BCUT2D eigenvalue weighted by Crippen LogP contribution is 2.20. The van der Waals surface area contributed by atoms with Crippen molar-refractivity contribution in [1.29, 1.82) is 0 Å². The molecule has 1 amide bonds. The Morgan fingerprint density at radius 3 is 2.65 bits per heavy atom. The molecule has 1 aromatic heterocycles. The van der Waals surface area contributed by atoms with Crippen LogP contribution < -0.4 is 11.1 Å². The Labute approximate surface area is 122 Å². The lowest BCUT2D eigenvalue weighted by Gasteiger charge is -2.19. The van der Waals surface area contributed by atoms with Crippen molar-refractivity contribution in [1.82, 2.24) is 9.97 Å². The average molecular weight is 291 g/mol. The highest BCUT2D eigenvalue weighted by Gasteiger charge is 2.22. The van der Waals surface area contributed by atoms with E-state index in [1.165, 1.54) is 6.20 Å². The lowest BCUT2D eigenvalue weighted by Crippen LogP contribution is -2.30. The fraction of sp³-hybridized carbons (Fsp3) is 0.214. The van der Waals surface area contributed by atoms with E-state index in [2.05, 4.69) is 15.3 Å². The Bertz CT molecular complexity index is 591. The molecule has 0 aliphatic carbocycles. The predicted octanol–water partition coefficient (Wildman–Crippen LogP) is 2.40. The summed E-state index contributed by atoms with van der Waals surface area (Å²) in [6.07, 6.45) is 1.48. The van der Waals surface area contributed by atoms with Gasteiger partial charge in [0, 0.05) is 12.2 Å². The summed E-state index contributed by atoms with van der Waals surface area (Å²) < 4.78 is 0. The number of benzene rings is 1. The van der Waals surface area contributed by atoms with E-state index in [9.17, 15) is 4.79 Å². The third-order valence-corrected chi connectivity index (χ3v) is 3.20. The van der Waals surface area contributed by atoms with Gasteiger partial charge in [-0.3, -0.25) is 4.79 Å². The number of hydrogen-bond donors (Lipinski definition) is 2. The molecule has 0 aliphatic rings. The molecular formula is C14H15ClN4O. The first kappa shape index (κ1) is 14.4. The molecule has 104 valence electrons. The predicted molar refractivity (Wildman–Crippen MR) is 78.2 cm³/mol. The van der Waals surface area contributed by atoms with Crippen molar-refractivity contribution in [3.8, 4) is 0 Å². The van der Waals surface area contributed by atoms with Crippen LogP contribution in [0, 0.1) is 5.92 Å². The van der Waals surface area contributed by atoms with Gasteiger partial charge in [0.05, 0.1) is 5.92 Å². The maximum absolute atomic E-state index is 12.1. The molecule has 2 atom stereocenters. The van der Waals surface area contributed by atoms with Gasteiger partial charge in [-0.1, -0.05) is 37.3 Å². The SMILES string of the molecule is CC(C(=O)Nc1ccnc(Cl)n1)C(N)c1ccccc1. The molecule has 1 heterocycles. The van der Waals surface area contributed by atoms with Crippen molar-refractivity contribution in [3.05, 3.63) is 53.4 Å². The van der Waals surface area contributed by atoms with Gasteiger partial charge >= 0.3 is 0 Å². The minimum atomic E-state index is -0.397. The zero-order chi connectivity index (χ0) is 14.5. The number of carbonyl (C=O) groups excluding carboxylic acids is 1. The van der Waals surface area contributed by atoms with Crippen molar-refractivity contribution in [3.63, 3.8) is 0 Å². The first-order chi connectivity index (χ1) is 9.58. The molecule has 0 spiro atoms. The zero-order valence-electron chi connectivity index (χ0n) is 11.0. The molecule has 0 fully saturated rings. The van der Waals surface area contributed by atoms with E-state index < -0.39 is 5.92 Å². The standard InChI is InChI=1S/C14H15ClN4O/c1-9(12(16)10-5-3-2-4-6-10)13(20)18-11-7-8-17-14(15)19-11/h2-9,12H,16H2,1H3,(H,17,18,19,20). The maximum Gasteiger partial charge on any atom is 0.230 e. The molecule has 1 aromatic carbocycles. The van der Waals surface area contributed by atoms with E-state index in [1.54, 1.807) is 13.0 Å². The minimum Gasteiger partial charge on any atom is -0.323 e. The van der Waals surface area contributed by atoms with E-state index in [4.69, 9.17) is 17.3 Å². The number of hydrogen-bond acceptors (Lipinski definition) is 4. The number of anilines is 1. The maximum atomic E-state index is 12.1. The number of carbonyl (C=O) groups is 1. The fourth-order valence-electron chi connectivity index (χ4n) is 1.77. The van der Waals surface area contributed by atoms with Crippen LogP contribution in [0.5, 0.6) is 0 Å². The summed E-state index contributed by atoms with van der Waals surface area (Å²) in [5.41, 5.74) is 7.02. The van der Waals surface area contributed by atoms with E-state index in [1.807, 2.05) is 30.3 Å². The molecule has 2 aromatic rings. The molecule has 20 heavy (non-hydrogen) atoms. The third-order valence-electron chi connectivity index (χ3n) is 3.01. The van der Waals surface area contributed by atoms with Crippen LogP contribution in [-0.4, -0.2) is 15.9 Å². The van der Waals surface area contributed by atoms with Gasteiger partial charge in [0.2, 0.25) is 11.2 Å². The van der Waals surface area contributed by atoms with Gasteiger partial charge in [0.25, 0.3) is 0 Å². The first-order valence-corrected chi connectivity index (χ1v) is 6.55. The Hall–Kier alpha value is -1.98. The lowest BCUT2D eigenvalue weighted by molar-refractivity contribution is -0.120. The van der Waals surface area contributed by atoms with Crippen LogP contribution in [0.1, 0.15) is 18.5 Å². The second-order valence-corrected chi connectivity index (χ2v) is 4.76. The molecule has 2 unspecified atom stereocenters. The summed E-state index contributed by atoms with van der Waals surface area (Å²) in [5.74, 6) is -0.246. The summed E-state index contributed by atoms with van der Waals surface area (Å²) in [5, 5.41) is 2.76.